The summed E-state index contributed by atoms with van der Waals surface area (Å²) in [4.78, 5) is 47.8. The van der Waals surface area contributed by atoms with Crippen molar-refractivity contribution in [1.82, 2.24) is 15.2 Å². The van der Waals surface area contributed by atoms with Gasteiger partial charge in [0.2, 0.25) is 5.91 Å². The van der Waals surface area contributed by atoms with E-state index in [0.29, 0.717) is 12.5 Å². The van der Waals surface area contributed by atoms with Crippen LogP contribution in [0.3, 0.4) is 0 Å². The number of aromatic nitrogens is 1. The fourth-order valence-electron chi connectivity index (χ4n) is 3.45. The van der Waals surface area contributed by atoms with Crippen LogP contribution in [0.2, 0.25) is 0 Å². The summed E-state index contributed by atoms with van der Waals surface area (Å²) < 4.78 is -0.667. The van der Waals surface area contributed by atoms with E-state index in [1.165, 1.54) is 28.0 Å². The number of fused-ring (bicyclic) bond motifs is 1. The average Bonchev–Trinajstić information content (AvgIpc) is 3.31. The predicted octanol–water partition coefficient (Wildman–Crippen LogP) is 0.488. The van der Waals surface area contributed by atoms with Gasteiger partial charge in [-0.3, -0.25) is 9.59 Å². The summed E-state index contributed by atoms with van der Waals surface area (Å²) in [5.41, 5.74) is 5.88. The van der Waals surface area contributed by atoms with E-state index in [-0.39, 0.29) is 16.5 Å². The lowest BCUT2D eigenvalue weighted by atomic mass is 9.96. The number of carboxylic acids is 1. The lowest BCUT2D eigenvalue weighted by Crippen LogP contribution is -2.71. The maximum absolute atomic E-state index is 12.9. The van der Waals surface area contributed by atoms with Crippen molar-refractivity contribution in [3.05, 3.63) is 11.1 Å². The number of carbonyl (C=O) groups is 3. The summed E-state index contributed by atoms with van der Waals surface area (Å²) in [6, 6.07) is -1.77. The van der Waals surface area contributed by atoms with Crippen molar-refractivity contribution in [2.45, 2.75) is 48.9 Å². The largest absolute Gasteiger partial charge is 0.480 e. The molecule has 2 amide bonds. The number of β-lactam (4-membered cyclic amide) rings is 1. The van der Waals surface area contributed by atoms with E-state index in [9.17, 15) is 19.5 Å². The van der Waals surface area contributed by atoms with Gasteiger partial charge in [0.15, 0.2) is 10.8 Å². The second-order valence-electron chi connectivity index (χ2n) is 7.80. The Balaban J connectivity index is 1.49. The minimum absolute atomic E-state index is 0.0538. The van der Waals surface area contributed by atoms with Gasteiger partial charge in [-0.2, -0.15) is 0 Å². The molecule has 3 atom stereocenters. The summed E-state index contributed by atoms with van der Waals surface area (Å²) in [5.74, 6) is -1.64. The number of nitrogen functional groups attached to an aromatic ring is 1. The molecule has 0 aromatic carbocycles. The van der Waals surface area contributed by atoms with Crippen LogP contribution in [0.1, 0.15) is 32.4 Å². The molecule has 12 heteroatoms. The predicted molar refractivity (Wildman–Crippen MR) is 107 cm³/mol. The van der Waals surface area contributed by atoms with Crippen LogP contribution in [-0.4, -0.2) is 67.3 Å². The molecule has 156 valence electrons. The zero-order chi connectivity index (χ0) is 20.9. The minimum atomic E-state index is -1.06. The highest BCUT2D eigenvalue weighted by Crippen LogP contribution is 2.50. The van der Waals surface area contributed by atoms with Crippen LogP contribution in [0.4, 0.5) is 5.13 Å². The van der Waals surface area contributed by atoms with Crippen molar-refractivity contribution < 1.29 is 24.3 Å². The molecule has 4 rings (SSSR count). The Morgan fingerprint density at radius 3 is 2.79 bits per heavy atom. The Labute approximate surface area is 174 Å². The van der Waals surface area contributed by atoms with Gasteiger partial charge in [0.05, 0.1) is 0 Å². The Kier molecular flexibility index (Phi) is 4.93. The number of aliphatic carboxylic acids is 1. The van der Waals surface area contributed by atoms with Gasteiger partial charge < -0.3 is 25.9 Å². The summed E-state index contributed by atoms with van der Waals surface area (Å²) in [7, 11) is 0. The quantitative estimate of drug-likeness (QED) is 0.316. The monoisotopic (exact) mass is 439 g/mol. The summed E-state index contributed by atoms with van der Waals surface area (Å²) >= 11 is 2.52. The molecule has 29 heavy (non-hydrogen) atoms. The lowest BCUT2D eigenvalue weighted by Gasteiger charge is -2.43. The average molecular weight is 440 g/mol. The number of rotatable bonds is 7. The van der Waals surface area contributed by atoms with Crippen LogP contribution in [0.5, 0.6) is 0 Å². The van der Waals surface area contributed by atoms with Crippen LogP contribution in [0.15, 0.2) is 10.5 Å². The van der Waals surface area contributed by atoms with E-state index < -0.39 is 40.0 Å². The van der Waals surface area contributed by atoms with Crippen molar-refractivity contribution in [2.75, 3.05) is 12.3 Å². The highest BCUT2D eigenvalue weighted by atomic mass is 32.2. The second kappa shape index (κ2) is 7.17. The maximum atomic E-state index is 12.9. The van der Waals surface area contributed by atoms with Crippen LogP contribution < -0.4 is 11.1 Å². The molecule has 0 spiro atoms. The SMILES string of the molecule is CC1(C)S[C@@H]2[C@@H](NC(=O)/C(=N\OCC3CC3)c3csc(N)n3)C(=O)N2[C@H]1C(=O)O. The fourth-order valence-corrected chi connectivity index (χ4v) is 5.62. The molecular formula is C17H21N5O5S2. The molecule has 3 aliphatic rings. The number of carboxylic acid groups (broad SMARTS) is 1. The van der Waals surface area contributed by atoms with Gasteiger partial charge in [-0.25, -0.2) is 9.78 Å². The van der Waals surface area contributed by atoms with Gasteiger partial charge in [-0.1, -0.05) is 5.16 Å². The summed E-state index contributed by atoms with van der Waals surface area (Å²) in [6.07, 6.45) is 2.15. The standard InChI is InChI=1S/C17H21N5O5S2/c1-17(2)11(15(25)26)22-13(24)10(14(22)29-17)20-12(23)9(8-6-28-16(18)19-8)21-27-5-7-3-4-7/h6-7,10-11,14H,3-5H2,1-2H3,(H2,18,19)(H,20,23)(H,25,26)/b21-9-/t10-,11-,14+/m0/s1. The Hall–Kier alpha value is -2.34. The molecule has 3 fully saturated rings. The number of hydrogen-bond donors (Lipinski definition) is 3. The molecule has 1 aromatic rings. The van der Waals surface area contributed by atoms with Gasteiger partial charge in [0.1, 0.15) is 29.8 Å². The van der Waals surface area contributed by atoms with Gasteiger partial charge in [-0.05, 0) is 32.6 Å². The molecule has 10 nitrogen and oxygen atoms in total. The first kappa shape index (κ1) is 20.0. The number of thioether (sulfide) groups is 1. The number of nitrogens with one attached hydrogen (secondary N) is 1. The zero-order valence-electron chi connectivity index (χ0n) is 15.8. The minimum Gasteiger partial charge on any atom is -0.480 e. The molecule has 1 saturated carbocycles. The smallest absolute Gasteiger partial charge is 0.327 e. The first-order valence-corrected chi connectivity index (χ1v) is 10.9. The molecule has 1 aromatic heterocycles. The molecule has 3 heterocycles. The molecule has 0 bridgehead atoms. The van der Waals surface area contributed by atoms with E-state index in [4.69, 9.17) is 10.6 Å². The lowest BCUT2D eigenvalue weighted by molar-refractivity contribution is -0.160. The van der Waals surface area contributed by atoms with E-state index in [2.05, 4.69) is 15.5 Å². The number of carbonyl (C=O) groups excluding carboxylic acids is 2. The highest BCUT2D eigenvalue weighted by Gasteiger charge is 2.64. The number of amides is 2. The Morgan fingerprint density at radius 2 is 2.21 bits per heavy atom. The highest BCUT2D eigenvalue weighted by molar-refractivity contribution is 8.01. The third kappa shape index (κ3) is 3.66. The normalized spacial score (nSPS) is 27.9. The van der Waals surface area contributed by atoms with Crippen LogP contribution in [-0.2, 0) is 19.2 Å². The van der Waals surface area contributed by atoms with E-state index in [1.54, 1.807) is 19.2 Å². The zero-order valence-corrected chi connectivity index (χ0v) is 17.5. The molecule has 2 saturated heterocycles. The number of oxime groups is 1. The van der Waals surface area contributed by atoms with Gasteiger partial charge >= 0.3 is 5.97 Å². The van der Waals surface area contributed by atoms with Crippen molar-refractivity contribution >= 4 is 51.7 Å². The maximum Gasteiger partial charge on any atom is 0.327 e. The Morgan fingerprint density at radius 1 is 1.48 bits per heavy atom. The molecule has 2 aliphatic heterocycles. The van der Waals surface area contributed by atoms with E-state index >= 15 is 0 Å². The molecule has 0 radical (unpaired) electrons. The van der Waals surface area contributed by atoms with Crippen molar-refractivity contribution in [2.24, 2.45) is 11.1 Å². The number of hydrogen-bond acceptors (Lipinski definition) is 9. The number of nitrogens with two attached hydrogens (primary N) is 1. The third-order valence-corrected chi connectivity index (χ3v) is 7.35. The topological polar surface area (TPSA) is 147 Å². The number of anilines is 1. The summed E-state index contributed by atoms with van der Waals surface area (Å²) in [5, 5.41) is 17.5. The van der Waals surface area contributed by atoms with Crippen molar-refractivity contribution in [3.63, 3.8) is 0 Å². The first-order chi connectivity index (χ1) is 13.7. The van der Waals surface area contributed by atoms with Gasteiger partial charge in [0.25, 0.3) is 5.91 Å². The Bertz CT molecular complexity index is 897. The fraction of sp³-hybridized carbons (Fsp3) is 0.588. The molecule has 1 aliphatic carbocycles. The molecular weight excluding hydrogens is 418 g/mol. The number of thiazole rings is 1. The van der Waals surface area contributed by atoms with Crippen LogP contribution in [0.25, 0.3) is 0 Å². The van der Waals surface area contributed by atoms with Gasteiger partial charge in [-0.15, -0.1) is 23.1 Å². The van der Waals surface area contributed by atoms with Gasteiger partial charge in [0, 0.05) is 10.1 Å². The summed E-state index contributed by atoms with van der Waals surface area (Å²) in [6.45, 7) is 3.97. The third-order valence-electron chi connectivity index (χ3n) is 5.10. The van der Waals surface area contributed by atoms with Crippen molar-refractivity contribution in [1.29, 1.82) is 0 Å². The van der Waals surface area contributed by atoms with E-state index in [1.807, 2.05) is 0 Å². The molecule has 0 unspecified atom stereocenters. The molecule has 4 N–H and O–H groups in total. The van der Waals surface area contributed by atoms with Crippen molar-refractivity contribution in [3.8, 4) is 0 Å². The van der Waals surface area contributed by atoms with Crippen LogP contribution in [0, 0.1) is 5.92 Å². The first-order valence-electron chi connectivity index (χ1n) is 9.14. The number of nitrogens with zero attached hydrogens (tertiary/aromatic N) is 3. The second-order valence-corrected chi connectivity index (χ2v) is 10.5. The van der Waals surface area contributed by atoms with E-state index in [0.717, 1.165) is 12.8 Å². The van der Waals surface area contributed by atoms with Crippen LogP contribution >= 0.6 is 23.1 Å².